The zero-order chi connectivity index (χ0) is 27.1. The van der Waals surface area contributed by atoms with Gasteiger partial charge < -0.3 is 16.0 Å². The molecule has 196 valence electrons. The SMILES string of the molecule is O=C(Nc1ncn[nH]1)Nc1ccc2cc1CCc1cccc(c1)Nc1ncc(Cl)c(n1)N2.O=CC(F)(F)F. The number of alkyl halides is 3. The van der Waals surface area contributed by atoms with E-state index in [9.17, 15) is 18.0 Å². The topological polar surface area (TPSA) is 150 Å². The molecule has 11 nitrogen and oxygen atoms in total. The van der Waals surface area contributed by atoms with Crippen LogP contribution in [0.15, 0.2) is 55.0 Å². The molecule has 6 bridgehead atoms. The van der Waals surface area contributed by atoms with Crippen LogP contribution < -0.4 is 21.3 Å². The number of aromatic nitrogens is 5. The third kappa shape index (κ3) is 7.39. The third-order valence-electron chi connectivity index (χ3n) is 5.01. The molecule has 0 saturated heterocycles. The molecule has 0 unspecified atom stereocenters. The summed E-state index contributed by atoms with van der Waals surface area (Å²) in [6, 6.07) is 13.3. The molecule has 0 atom stereocenters. The molecule has 4 aromatic rings. The summed E-state index contributed by atoms with van der Waals surface area (Å²) in [4.78, 5) is 33.8. The number of carbonyl (C=O) groups is 2. The maximum Gasteiger partial charge on any atom is 0.446 e. The van der Waals surface area contributed by atoms with Crippen molar-refractivity contribution < 1.29 is 22.8 Å². The number of carbonyl (C=O) groups excluding carboxylic acids is 2. The summed E-state index contributed by atoms with van der Waals surface area (Å²) in [5.74, 6) is 1.18. The molecule has 1 aliphatic rings. The van der Waals surface area contributed by atoms with Crippen molar-refractivity contribution in [2.45, 2.75) is 19.0 Å². The number of rotatable bonds is 2. The molecule has 15 heteroatoms. The first-order valence-corrected chi connectivity index (χ1v) is 11.3. The van der Waals surface area contributed by atoms with E-state index >= 15 is 0 Å². The van der Waals surface area contributed by atoms with Gasteiger partial charge in [-0.3, -0.25) is 10.1 Å². The number of benzene rings is 2. The van der Waals surface area contributed by atoms with E-state index < -0.39 is 18.5 Å². The van der Waals surface area contributed by atoms with E-state index in [-0.39, 0.29) is 5.95 Å². The van der Waals surface area contributed by atoms with Crippen LogP contribution in [0.5, 0.6) is 0 Å². The highest BCUT2D eigenvalue weighted by Crippen LogP contribution is 2.29. The van der Waals surface area contributed by atoms with E-state index in [1.807, 2.05) is 30.3 Å². The molecule has 0 saturated carbocycles. The maximum absolute atomic E-state index is 12.4. The van der Waals surface area contributed by atoms with Gasteiger partial charge in [-0.1, -0.05) is 23.7 Å². The number of H-pyrrole nitrogens is 1. The summed E-state index contributed by atoms with van der Waals surface area (Å²) in [5.41, 5.74) is 4.45. The van der Waals surface area contributed by atoms with Crippen LogP contribution >= 0.6 is 11.6 Å². The van der Waals surface area contributed by atoms with Gasteiger partial charge in [0.1, 0.15) is 11.3 Å². The van der Waals surface area contributed by atoms with Crippen molar-refractivity contribution in [1.29, 1.82) is 0 Å². The minimum Gasteiger partial charge on any atom is -0.339 e. The molecule has 2 aromatic carbocycles. The van der Waals surface area contributed by atoms with Gasteiger partial charge >= 0.3 is 12.2 Å². The lowest BCUT2D eigenvalue weighted by Crippen LogP contribution is -2.21. The van der Waals surface area contributed by atoms with Crippen molar-refractivity contribution >= 4 is 58.7 Å². The average molecular weight is 546 g/mol. The first-order valence-electron chi connectivity index (χ1n) is 10.9. The monoisotopic (exact) mass is 545 g/mol. The van der Waals surface area contributed by atoms with E-state index in [1.165, 1.54) is 6.33 Å². The Labute approximate surface area is 218 Å². The first-order chi connectivity index (χ1) is 18.2. The predicted molar refractivity (Wildman–Crippen MR) is 135 cm³/mol. The number of nitrogens with zero attached hydrogens (tertiary/aromatic N) is 4. The Morgan fingerprint density at radius 2 is 1.82 bits per heavy atom. The summed E-state index contributed by atoms with van der Waals surface area (Å²) in [6.07, 6.45) is -1.36. The van der Waals surface area contributed by atoms with Crippen LogP contribution in [0.4, 0.5) is 52.7 Å². The van der Waals surface area contributed by atoms with Crippen molar-refractivity contribution in [2.24, 2.45) is 0 Å². The fourth-order valence-electron chi connectivity index (χ4n) is 3.39. The quantitative estimate of drug-likeness (QED) is 0.215. The molecule has 38 heavy (non-hydrogen) atoms. The highest BCUT2D eigenvalue weighted by molar-refractivity contribution is 6.32. The van der Waals surface area contributed by atoms with Gasteiger partial charge in [0.2, 0.25) is 18.2 Å². The lowest BCUT2D eigenvalue weighted by Gasteiger charge is -2.14. The van der Waals surface area contributed by atoms with Crippen molar-refractivity contribution in [1.82, 2.24) is 25.1 Å². The molecule has 0 radical (unpaired) electrons. The summed E-state index contributed by atoms with van der Waals surface area (Å²) < 4.78 is 31.2. The number of aryl methyl sites for hydroxylation is 2. The molecule has 2 aromatic heterocycles. The van der Waals surface area contributed by atoms with Crippen molar-refractivity contribution in [3.05, 3.63) is 71.1 Å². The van der Waals surface area contributed by atoms with Crippen LogP contribution in [0.3, 0.4) is 0 Å². The largest absolute Gasteiger partial charge is 0.446 e. The van der Waals surface area contributed by atoms with E-state index in [1.54, 1.807) is 6.20 Å². The number of nitrogens with one attached hydrogen (secondary N) is 5. The second-order valence-electron chi connectivity index (χ2n) is 7.79. The van der Waals surface area contributed by atoms with Crippen LogP contribution in [0.25, 0.3) is 0 Å². The normalized spacial score (nSPS) is 12.1. The Bertz CT molecular complexity index is 1430. The van der Waals surface area contributed by atoms with E-state index in [2.05, 4.69) is 58.5 Å². The van der Waals surface area contributed by atoms with Gasteiger partial charge in [-0.25, -0.2) is 14.9 Å². The van der Waals surface area contributed by atoms with Crippen LogP contribution in [0, 0.1) is 0 Å². The lowest BCUT2D eigenvalue weighted by atomic mass is 10.0. The van der Waals surface area contributed by atoms with Crippen molar-refractivity contribution in [2.75, 3.05) is 21.3 Å². The van der Waals surface area contributed by atoms with Crippen molar-refractivity contribution in [3.63, 3.8) is 0 Å². The fraction of sp³-hybridized carbons (Fsp3) is 0.130. The van der Waals surface area contributed by atoms with Gasteiger partial charge in [0.05, 0.1) is 6.20 Å². The molecule has 0 fully saturated rings. The predicted octanol–water partition coefficient (Wildman–Crippen LogP) is 5.23. The number of urea groups is 1. The van der Waals surface area contributed by atoms with Gasteiger partial charge in [-0.15, -0.1) is 0 Å². The Morgan fingerprint density at radius 1 is 1.03 bits per heavy atom. The smallest absolute Gasteiger partial charge is 0.339 e. The summed E-state index contributed by atoms with van der Waals surface area (Å²) in [6.45, 7) is 0. The summed E-state index contributed by atoms with van der Waals surface area (Å²) >= 11 is 6.31. The fourth-order valence-corrected chi connectivity index (χ4v) is 3.53. The van der Waals surface area contributed by atoms with E-state index in [0.717, 1.165) is 28.9 Å². The lowest BCUT2D eigenvalue weighted by molar-refractivity contribution is -0.156. The number of anilines is 6. The van der Waals surface area contributed by atoms with Crippen LogP contribution in [-0.2, 0) is 17.6 Å². The highest BCUT2D eigenvalue weighted by atomic mass is 35.5. The van der Waals surface area contributed by atoms with Crippen LogP contribution in [0.1, 0.15) is 11.1 Å². The molecule has 0 spiro atoms. The minimum absolute atomic E-state index is 0.263. The number of aldehydes is 1. The molecular weight excluding hydrogens is 527 g/mol. The molecule has 1 aliphatic heterocycles. The molecular formula is C23H19ClF3N9O2. The minimum atomic E-state index is -4.64. The molecule has 3 heterocycles. The number of halogens is 4. The number of hydrogen-bond acceptors (Lipinski definition) is 8. The Morgan fingerprint density at radius 3 is 2.55 bits per heavy atom. The number of hydrogen-bond donors (Lipinski definition) is 5. The van der Waals surface area contributed by atoms with Crippen molar-refractivity contribution in [3.8, 4) is 0 Å². The highest BCUT2D eigenvalue weighted by Gasteiger charge is 2.25. The number of fused-ring (bicyclic) bond motifs is 6. The van der Waals surface area contributed by atoms with Gasteiger partial charge in [0, 0.05) is 17.1 Å². The van der Waals surface area contributed by atoms with Gasteiger partial charge in [-0.2, -0.15) is 28.2 Å². The zero-order valence-electron chi connectivity index (χ0n) is 19.3. The maximum atomic E-state index is 12.4. The summed E-state index contributed by atoms with van der Waals surface area (Å²) in [5, 5.41) is 18.7. The third-order valence-corrected chi connectivity index (χ3v) is 5.28. The Balaban J connectivity index is 0.000000505. The second kappa shape index (κ2) is 11.6. The van der Waals surface area contributed by atoms with Gasteiger partial charge in [0.25, 0.3) is 0 Å². The molecule has 5 rings (SSSR count). The second-order valence-corrected chi connectivity index (χ2v) is 8.19. The zero-order valence-corrected chi connectivity index (χ0v) is 20.1. The molecule has 5 N–H and O–H groups in total. The van der Waals surface area contributed by atoms with Gasteiger partial charge in [0.15, 0.2) is 5.82 Å². The first kappa shape index (κ1) is 26.3. The standard InChI is InChI=1S/C21H18ClN9O.C2HF3O/c22-16-10-23-19-27-14-3-1-2-12(8-14)4-5-13-9-15(26-18(16)29-19)6-7-17(13)28-21(32)30-20-24-11-25-31-20;3-2(4,5)1-6/h1-3,6-11H,4-5H2,(H2,23,26,27,29)(H3,24,25,28,30,31,32);1H. The average Bonchev–Trinajstić information content (AvgIpc) is 3.39. The Kier molecular flexibility index (Phi) is 8.01. The number of aromatic amines is 1. The molecule has 2 amide bonds. The van der Waals surface area contributed by atoms with E-state index in [4.69, 9.17) is 16.4 Å². The Hall–Kier alpha value is -4.72. The summed E-state index contributed by atoms with van der Waals surface area (Å²) in [7, 11) is 0. The molecule has 0 aliphatic carbocycles. The number of amides is 2. The van der Waals surface area contributed by atoms with Crippen LogP contribution in [-0.4, -0.2) is 43.6 Å². The van der Waals surface area contributed by atoms with E-state index in [0.29, 0.717) is 28.9 Å². The van der Waals surface area contributed by atoms with Crippen LogP contribution in [0.2, 0.25) is 5.02 Å². The van der Waals surface area contributed by atoms with Gasteiger partial charge in [-0.05, 0) is 54.3 Å².